The van der Waals surface area contributed by atoms with Gasteiger partial charge in [-0.05, 0) is 32.5 Å². The maximum Gasteiger partial charge on any atom is 0.147 e. The number of likely N-dealkylation sites (N-methyl/N-ethyl adjacent to an activating group) is 1. The van der Waals surface area contributed by atoms with E-state index in [1.165, 1.54) is 0 Å². The number of hydrogen-bond donors (Lipinski definition) is 1. The summed E-state index contributed by atoms with van der Waals surface area (Å²) in [4.78, 5) is 9.29. The molecule has 0 saturated carbocycles. The maximum absolute atomic E-state index is 6.46. The Hall–Kier alpha value is -0.840. The quantitative estimate of drug-likeness (QED) is 0.926. The molecular formula is C16H27ClN4. The van der Waals surface area contributed by atoms with Gasteiger partial charge in [-0.25, -0.2) is 4.98 Å². The fourth-order valence-corrected chi connectivity index (χ4v) is 2.85. The Morgan fingerprint density at radius 3 is 2.67 bits per heavy atom. The highest BCUT2D eigenvalue weighted by Crippen LogP contribution is 2.28. The summed E-state index contributed by atoms with van der Waals surface area (Å²) in [5, 5.41) is 4.14. The van der Waals surface area contributed by atoms with Gasteiger partial charge in [-0.3, -0.25) is 4.90 Å². The van der Waals surface area contributed by atoms with Crippen LogP contribution in [0.4, 0.5) is 5.82 Å². The average Bonchev–Trinajstić information content (AvgIpc) is 2.40. The summed E-state index contributed by atoms with van der Waals surface area (Å²) in [7, 11) is 2.17. The summed E-state index contributed by atoms with van der Waals surface area (Å²) >= 11 is 6.46. The molecule has 0 aromatic carbocycles. The highest BCUT2D eigenvalue weighted by molar-refractivity contribution is 6.33. The fourth-order valence-electron chi connectivity index (χ4n) is 2.54. The van der Waals surface area contributed by atoms with Gasteiger partial charge in [-0.1, -0.05) is 25.4 Å². The minimum atomic E-state index is 0.140. The van der Waals surface area contributed by atoms with Gasteiger partial charge in [0.15, 0.2) is 0 Å². The minimum absolute atomic E-state index is 0.140. The molecule has 4 nitrogen and oxygen atoms in total. The highest BCUT2D eigenvalue weighted by Gasteiger charge is 2.32. The molecule has 0 unspecified atom stereocenters. The number of rotatable bonds is 4. The van der Waals surface area contributed by atoms with Gasteiger partial charge in [0, 0.05) is 44.0 Å². The van der Waals surface area contributed by atoms with Crippen LogP contribution >= 0.6 is 11.6 Å². The largest absolute Gasteiger partial charge is 0.352 e. The molecule has 0 spiro atoms. The molecule has 2 heterocycles. The van der Waals surface area contributed by atoms with Crippen LogP contribution in [-0.2, 0) is 6.54 Å². The third-order valence-electron chi connectivity index (χ3n) is 4.21. The SMILES string of the molecule is CC(C)NCc1cnc(N2CCN(C)C(C)(C)C2)c(Cl)c1. The lowest BCUT2D eigenvalue weighted by atomic mass is 10.00. The summed E-state index contributed by atoms with van der Waals surface area (Å²) in [5.41, 5.74) is 1.27. The maximum atomic E-state index is 6.46. The molecule has 1 aliphatic heterocycles. The topological polar surface area (TPSA) is 31.4 Å². The molecule has 0 aliphatic carbocycles. The number of hydrogen-bond acceptors (Lipinski definition) is 4. The standard InChI is InChI=1S/C16H27ClN4/c1-12(2)18-9-13-8-14(17)15(19-10-13)21-7-6-20(5)16(3,4)11-21/h8,10,12,18H,6-7,9,11H2,1-5H3. The Balaban J connectivity index is 2.10. The number of nitrogens with one attached hydrogen (secondary N) is 1. The first-order valence-electron chi connectivity index (χ1n) is 7.63. The van der Waals surface area contributed by atoms with E-state index in [1.807, 2.05) is 12.3 Å². The second-order valence-corrected chi connectivity index (χ2v) is 7.25. The zero-order valence-electron chi connectivity index (χ0n) is 13.8. The van der Waals surface area contributed by atoms with Gasteiger partial charge in [0.2, 0.25) is 0 Å². The molecular weight excluding hydrogens is 284 g/mol. The second-order valence-electron chi connectivity index (χ2n) is 6.84. The molecule has 1 saturated heterocycles. The van der Waals surface area contributed by atoms with Crippen molar-refractivity contribution in [2.24, 2.45) is 0 Å². The third kappa shape index (κ3) is 4.09. The molecule has 1 aromatic heterocycles. The van der Waals surface area contributed by atoms with Crippen LogP contribution in [0.1, 0.15) is 33.3 Å². The Morgan fingerprint density at radius 2 is 2.10 bits per heavy atom. The predicted molar refractivity (Wildman–Crippen MR) is 90.1 cm³/mol. The average molecular weight is 311 g/mol. The first-order chi connectivity index (χ1) is 9.79. The number of aromatic nitrogens is 1. The molecule has 0 radical (unpaired) electrons. The van der Waals surface area contributed by atoms with E-state index >= 15 is 0 Å². The number of piperazine rings is 1. The molecule has 118 valence electrons. The van der Waals surface area contributed by atoms with Crippen molar-refractivity contribution < 1.29 is 0 Å². The second kappa shape index (κ2) is 6.51. The molecule has 0 amide bonds. The van der Waals surface area contributed by atoms with Crippen LogP contribution in [0.2, 0.25) is 5.02 Å². The molecule has 21 heavy (non-hydrogen) atoms. The van der Waals surface area contributed by atoms with Crippen molar-refractivity contribution in [1.82, 2.24) is 15.2 Å². The smallest absolute Gasteiger partial charge is 0.147 e. The van der Waals surface area contributed by atoms with Crippen molar-refractivity contribution in [2.45, 2.75) is 45.8 Å². The summed E-state index contributed by atoms with van der Waals surface area (Å²) in [5.74, 6) is 0.908. The molecule has 0 atom stereocenters. The van der Waals surface area contributed by atoms with Crippen LogP contribution in [0.3, 0.4) is 0 Å². The highest BCUT2D eigenvalue weighted by atomic mass is 35.5. The predicted octanol–water partition coefficient (Wildman–Crippen LogP) is 2.76. The van der Waals surface area contributed by atoms with E-state index in [0.29, 0.717) is 6.04 Å². The van der Waals surface area contributed by atoms with Crippen LogP contribution in [0.5, 0.6) is 0 Å². The Kier molecular flexibility index (Phi) is 5.12. The first-order valence-corrected chi connectivity index (χ1v) is 8.01. The zero-order valence-corrected chi connectivity index (χ0v) is 14.5. The van der Waals surface area contributed by atoms with Gasteiger partial charge >= 0.3 is 0 Å². The van der Waals surface area contributed by atoms with Gasteiger partial charge in [0.1, 0.15) is 5.82 Å². The fraction of sp³-hybridized carbons (Fsp3) is 0.688. The van der Waals surface area contributed by atoms with Crippen molar-refractivity contribution in [3.8, 4) is 0 Å². The third-order valence-corrected chi connectivity index (χ3v) is 4.49. The summed E-state index contributed by atoms with van der Waals surface area (Å²) in [6, 6.07) is 2.49. The van der Waals surface area contributed by atoms with Crippen LogP contribution in [0.15, 0.2) is 12.3 Å². The summed E-state index contributed by atoms with van der Waals surface area (Å²) in [6.07, 6.45) is 1.93. The molecule has 1 aliphatic rings. The Morgan fingerprint density at radius 1 is 1.38 bits per heavy atom. The monoisotopic (exact) mass is 310 g/mol. The molecule has 5 heteroatoms. The lowest BCUT2D eigenvalue weighted by Gasteiger charge is -2.45. The number of nitrogens with zero attached hydrogens (tertiary/aromatic N) is 3. The van der Waals surface area contributed by atoms with Crippen LogP contribution in [0.25, 0.3) is 0 Å². The molecule has 1 N–H and O–H groups in total. The summed E-state index contributed by atoms with van der Waals surface area (Å²) in [6.45, 7) is 12.5. The molecule has 1 aromatic rings. The minimum Gasteiger partial charge on any atom is -0.352 e. The van der Waals surface area contributed by atoms with E-state index in [2.05, 4.69) is 54.8 Å². The van der Waals surface area contributed by atoms with Gasteiger partial charge in [-0.15, -0.1) is 0 Å². The van der Waals surface area contributed by atoms with E-state index in [-0.39, 0.29) is 5.54 Å². The van der Waals surface area contributed by atoms with Crippen molar-refractivity contribution >= 4 is 17.4 Å². The number of halogens is 1. The Bertz CT molecular complexity index is 487. The van der Waals surface area contributed by atoms with Gasteiger partial charge in [0.25, 0.3) is 0 Å². The van der Waals surface area contributed by atoms with Crippen molar-refractivity contribution in [2.75, 3.05) is 31.6 Å². The van der Waals surface area contributed by atoms with Crippen molar-refractivity contribution in [3.63, 3.8) is 0 Å². The van der Waals surface area contributed by atoms with Crippen LogP contribution < -0.4 is 10.2 Å². The van der Waals surface area contributed by atoms with Crippen molar-refractivity contribution in [3.05, 3.63) is 22.8 Å². The first kappa shape index (κ1) is 16.5. The van der Waals surface area contributed by atoms with Gasteiger partial charge in [0.05, 0.1) is 5.02 Å². The molecule has 2 rings (SSSR count). The van der Waals surface area contributed by atoms with E-state index in [0.717, 1.165) is 42.6 Å². The van der Waals surface area contributed by atoms with E-state index in [9.17, 15) is 0 Å². The zero-order chi connectivity index (χ0) is 15.6. The number of anilines is 1. The van der Waals surface area contributed by atoms with Gasteiger partial charge < -0.3 is 10.2 Å². The summed E-state index contributed by atoms with van der Waals surface area (Å²) < 4.78 is 0. The normalized spacial score (nSPS) is 19.3. The Labute approximate surface area is 133 Å². The van der Waals surface area contributed by atoms with Crippen LogP contribution in [-0.4, -0.2) is 48.1 Å². The number of pyridine rings is 1. The molecule has 0 bridgehead atoms. The van der Waals surface area contributed by atoms with E-state index in [1.54, 1.807) is 0 Å². The van der Waals surface area contributed by atoms with E-state index < -0.39 is 0 Å². The van der Waals surface area contributed by atoms with E-state index in [4.69, 9.17) is 11.6 Å². The van der Waals surface area contributed by atoms with Gasteiger partial charge in [-0.2, -0.15) is 0 Å². The lowest BCUT2D eigenvalue weighted by molar-refractivity contribution is 0.138. The van der Waals surface area contributed by atoms with Crippen LogP contribution in [0, 0.1) is 0 Å². The lowest BCUT2D eigenvalue weighted by Crippen LogP contribution is -2.58. The van der Waals surface area contributed by atoms with Crippen molar-refractivity contribution in [1.29, 1.82) is 0 Å². The molecule has 1 fully saturated rings.